The monoisotopic (exact) mass is 378 g/mol. The van der Waals surface area contributed by atoms with E-state index in [4.69, 9.17) is 9.84 Å². The van der Waals surface area contributed by atoms with Crippen molar-refractivity contribution in [1.29, 1.82) is 0 Å². The summed E-state index contributed by atoms with van der Waals surface area (Å²) >= 11 is 0. The largest absolute Gasteiger partial charge is 0.489 e. The van der Waals surface area contributed by atoms with Crippen LogP contribution in [0.15, 0.2) is 54.6 Å². The highest BCUT2D eigenvalue weighted by Gasteiger charge is 2.48. The lowest BCUT2D eigenvalue weighted by Gasteiger charge is -2.17. The van der Waals surface area contributed by atoms with E-state index >= 15 is 0 Å². The molecule has 1 fully saturated rings. The Bertz CT molecular complexity index is 884. The summed E-state index contributed by atoms with van der Waals surface area (Å²) in [5, 5.41) is 19.6. The first-order valence-corrected chi connectivity index (χ1v) is 9.93. The number of aliphatic hydroxyl groups is 1. The Hall–Kier alpha value is -2.59. The van der Waals surface area contributed by atoms with Gasteiger partial charge in [-0.15, -0.1) is 0 Å². The number of aliphatic hydroxyl groups excluding tert-OH is 1. The molecule has 0 amide bonds. The number of ether oxygens (including phenoxy) is 1. The fourth-order valence-corrected chi connectivity index (χ4v) is 4.49. The molecule has 4 nitrogen and oxygen atoms in total. The number of aryl methyl sites for hydroxylation is 2. The molecule has 2 aromatic rings. The van der Waals surface area contributed by atoms with Crippen LogP contribution in [0.5, 0.6) is 5.75 Å². The first-order chi connectivity index (χ1) is 13.5. The fourth-order valence-electron chi connectivity index (χ4n) is 4.49. The van der Waals surface area contributed by atoms with Gasteiger partial charge < -0.3 is 14.9 Å². The lowest BCUT2D eigenvalue weighted by Crippen LogP contribution is -2.16. The fraction of sp³-hybridized carbons (Fsp3) is 0.375. The summed E-state index contributed by atoms with van der Waals surface area (Å²) in [6.07, 6.45) is 5.84. The van der Waals surface area contributed by atoms with Crippen LogP contribution in [-0.2, 0) is 17.6 Å². The zero-order valence-corrected chi connectivity index (χ0v) is 16.0. The summed E-state index contributed by atoms with van der Waals surface area (Å²) in [6, 6.07) is 14.5. The Labute approximate surface area is 165 Å². The van der Waals surface area contributed by atoms with Gasteiger partial charge in [-0.2, -0.15) is 0 Å². The molecule has 4 heteroatoms. The Balaban J connectivity index is 1.52. The molecular formula is C24H26O4. The number of benzene rings is 2. The van der Waals surface area contributed by atoms with Gasteiger partial charge in [0.05, 0.1) is 6.10 Å². The number of hydrogen-bond acceptors (Lipinski definition) is 3. The summed E-state index contributed by atoms with van der Waals surface area (Å²) in [6.45, 7) is 2.08. The van der Waals surface area contributed by atoms with E-state index in [1.807, 2.05) is 12.1 Å². The molecule has 2 aromatic carbocycles. The van der Waals surface area contributed by atoms with Crippen LogP contribution in [0.3, 0.4) is 0 Å². The van der Waals surface area contributed by atoms with Crippen LogP contribution < -0.4 is 4.74 Å². The maximum absolute atomic E-state index is 10.9. The van der Waals surface area contributed by atoms with Crippen molar-refractivity contribution in [2.75, 3.05) is 0 Å². The number of carboxylic acids is 1. The van der Waals surface area contributed by atoms with Gasteiger partial charge in [-0.1, -0.05) is 60.2 Å². The topological polar surface area (TPSA) is 66.8 Å². The molecule has 28 heavy (non-hydrogen) atoms. The third-order valence-electron chi connectivity index (χ3n) is 5.93. The zero-order chi connectivity index (χ0) is 19.7. The normalized spacial score (nSPS) is 25.5. The van der Waals surface area contributed by atoms with Crippen LogP contribution in [0, 0.1) is 12.8 Å². The molecule has 0 aromatic heterocycles. The average Bonchev–Trinajstić information content (AvgIpc) is 3.17. The van der Waals surface area contributed by atoms with Crippen LogP contribution >= 0.6 is 0 Å². The molecule has 0 saturated heterocycles. The Morgan fingerprint density at radius 2 is 2.00 bits per heavy atom. The number of rotatable bonds is 6. The van der Waals surface area contributed by atoms with E-state index in [0.717, 1.165) is 23.3 Å². The molecule has 1 unspecified atom stereocenters. The minimum absolute atomic E-state index is 0.0198. The van der Waals surface area contributed by atoms with Gasteiger partial charge in [0.25, 0.3) is 0 Å². The molecule has 4 rings (SSSR count). The molecule has 1 aliphatic heterocycles. The van der Waals surface area contributed by atoms with Crippen LogP contribution in [0.4, 0.5) is 0 Å². The van der Waals surface area contributed by atoms with Crippen molar-refractivity contribution in [3.8, 4) is 5.75 Å². The lowest BCUT2D eigenvalue weighted by atomic mass is 9.86. The van der Waals surface area contributed by atoms with Crippen molar-refractivity contribution in [2.24, 2.45) is 5.92 Å². The Morgan fingerprint density at radius 3 is 2.75 bits per heavy atom. The lowest BCUT2D eigenvalue weighted by molar-refractivity contribution is -0.136. The van der Waals surface area contributed by atoms with E-state index in [9.17, 15) is 9.90 Å². The molecule has 0 radical (unpaired) electrons. The second-order valence-electron chi connectivity index (χ2n) is 7.91. The SMILES string of the molecule is Cc1ccc(C/C=C/C2[C@H](O)C[C@@H]3Oc4c(CCC(=O)O)cccc4[C@@H]23)cc1. The van der Waals surface area contributed by atoms with Gasteiger partial charge in [-0.3, -0.25) is 4.79 Å². The van der Waals surface area contributed by atoms with Crippen molar-refractivity contribution in [1.82, 2.24) is 0 Å². The molecule has 0 spiro atoms. The number of allylic oxidation sites excluding steroid dienone is 1. The highest BCUT2D eigenvalue weighted by molar-refractivity contribution is 5.67. The van der Waals surface area contributed by atoms with Gasteiger partial charge >= 0.3 is 5.97 Å². The minimum Gasteiger partial charge on any atom is -0.489 e. The smallest absolute Gasteiger partial charge is 0.303 e. The van der Waals surface area contributed by atoms with Crippen molar-refractivity contribution in [3.05, 3.63) is 76.9 Å². The number of hydrogen-bond donors (Lipinski definition) is 2. The number of carbonyl (C=O) groups is 1. The number of para-hydroxylation sites is 1. The van der Waals surface area contributed by atoms with Gasteiger partial charge in [0.2, 0.25) is 0 Å². The Morgan fingerprint density at radius 1 is 1.21 bits per heavy atom. The molecule has 1 saturated carbocycles. The van der Waals surface area contributed by atoms with Gasteiger partial charge in [-0.05, 0) is 30.9 Å². The highest BCUT2D eigenvalue weighted by atomic mass is 16.5. The molecular weight excluding hydrogens is 352 g/mol. The third kappa shape index (κ3) is 3.69. The van der Waals surface area contributed by atoms with Crippen LogP contribution in [0.25, 0.3) is 0 Å². The number of carboxylic acid groups (broad SMARTS) is 1. The van der Waals surface area contributed by atoms with E-state index in [1.54, 1.807) is 0 Å². The van der Waals surface area contributed by atoms with E-state index in [-0.39, 0.29) is 24.4 Å². The maximum Gasteiger partial charge on any atom is 0.303 e. The summed E-state index contributed by atoms with van der Waals surface area (Å²) in [7, 11) is 0. The van der Waals surface area contributed by atoms with Gasteiger partial charge in [0.15, 0.2) is 0 Å². The predicted molar refractivity (Wildman–Crippen MR) is 108 cm³/mol. The average molecular weight is 378 g/mol. The minimum atomic E-state index is -0.803. The van der Waals surface area contributed by atoms with Gasteiger partial charge in [0.1, 0.15) is 11.9 Å². The summed E-state index contributed by atoms with van der Waals surface area (Å²) in [5.41, 5.74) is 4.56. The summed E-state index contributed by atoms with van der Waals surface area (Å²) in [5.74, 6) is 0.182. The van der Waals surface area contributed by atoms with E-state index in [0.29, 0.717) is 12.8 Å². The second kappa shape index (κ2) is 7.80. The Kier molecular flexibility index (Phi) is 5.23. The molecule has 1 aliphatic carbocycles. The van der Waals surface area contributed by atoms with E-state index < -0.39 is 12.1 Å². The second-order valence-corrected chi connectivity index (χ2v) is 7.91. The summed E-state index contributed by atoms with van der Waals surface area (Å²) < 4.78 is 6.19. The highest BCUT2D eigenvalue weighted by Crippen LogP contribution is 2.51. The standard InChI is InChI=1S/C24H26O4/c1-15-8-10-16(11-9-15)4-2-6-18-20(25)14-21-23(18)19-7-3-5-17(24(19)28-21)12-13-22(26)27/h2-3,5-11,18,20-21,23,25H,4,12-14H2,1H3,(H,26,27)/b6-2+/t18?,20-,21+,23-/m1/s1. The van der Waals surface area contributed by atoms with Crippen LogP contribution in [0.2, 0.25) is 0 Å². The molecule has 2 aliphatic rings. The summed E-state index contributed by atoms with van der Waals surface area (Å²) in [4.78, 5) is 10.9. The molecule has 2 N–H and O–H groups in total. The third-order valence-corrected chi connectivity index (χ3v) is 5.93. The van der Waals surface area contributed by atoms with Crippen molar-refractivity contribution < 1.29 is 19.7 Å². The predicted octanol–water partition coefficient (Wildman–Crippen LogP) is 4.04. The number of fused-ring (bicyclic) bond motifs is 3. The van der Waals surface area contributed by atoms with Crippen molar-refractivity contribution in [2.45, 2.75) is 50.7 Å². The quantitative estimate of drug-likeness (QED) is 0.745. The van der Waals surface area contributed by atoms with Crippen molar-refractivity contribution in [3.63, 3.8) is 0 Å². The van der Waals surface area contributed by atoms with Crippen molar-refractivity contribution >= 4 is 5.97 Å². The number of aliphatic carboxylic acids is 1. The van der Waals surface area contributed by atoms with E-state index in [1.165, 1.54) is 11.1 Å². The molecule has 1 heterocycles. The molecule has 146 valence electrons. The first kappa shape index (κ1) is 18.8. The first-order valence-electron chi connectivity index (χ1n) is 9.93. The van der Waals surface area contributed by atoms with E-state index in [2.05, 4.69) is 49.4 Å². The van der Waals surface area contributed by atoms with Crippen LogP contribution in [-0.4, -0.2) is 28.4 Å². The maximum atomic E-state index is 10.9. The van der Waals surface area contributed by atoms with Gasteiger partial charge in [0, 0.05) is 30.2 Å². The molecule has 0 bridgehead atoms. The molecule has 4 atom stereocenters. The zero-order valence-electron chi connectivity index (χ0n) is 16.0. The van der Waals surface area contributed by atoms with Crippen LogP contribution in [0.1, 0.15) is 41.0 Å². The van der Waals surface area contributed by atoms with Gasteiger partial charge in [-0.25, -0.2) is 0 Å².